The quantitative estimate of drug-likeness (QED) is 0.188. The first-order chi connectivity index (χ1) is 25.3. The van der Waals surface area contributed by atoms with E-state index in [1.54, 1.807) is 0 Å². The highest BCUT2D eigenvalue weighted by Gasteiger charge is 2.22. The smallest absolute Gasteiger partial charge is 0.143 e. The van der Waals surface area contributed by atoms with Gasteiger partial charge >= 0.3 is 0 Å². The summed E-state index contributed by atoms with van der Waals surface area (Å²) in [6, 6.07) is 62.0. The van der Waals surface area contributed by atoms with Gasteiger partial charge in [0.15, 0.2) is 0 Å². The minimum Gasteiger partial charge on any atom is -0.455 e. The first kappa shape index (κ1) is 29.2. The lowest BCUT2D eigenvalue weighted by molar-refractivity contribution is 0.673. The van der Waals surface area contributed by atoms with Crippen molar-refractivity contribution in [2.24, 2.45) is 4.99 Å². The topological polar surface area (TPSA) is 37.5 Å². The van der Waals surface area contributed by atoms with E-state index >= 15 is 0 Å². The van der Waals surface area contributed by atoms with Crippen molar-refractivity contribution in [2.75, 3.05) is 0 Å². The second-order valence-corrected chi connectivity index (χ2v) is 13.1. The standard InChI is InChI=1S/C48H32N2O/c1-3-13-31(14-4-1)32-25-27-33(28-26-32)42-30-43(50-48(49-42)34-15-5-2-6-16-34)36-18-11-17-35(29-36)37-23-12-24-44-45(37)46-40-21-9-7-19-38(40)39-20-8-10-22-41(39)47(46)51-44/h1-30,43H,(H,49,50). The first-order valence-electron chi connectivity index (χ1n) is 17.4. The van der Waals surface area contributed by atoms with E-state index in [0.717, 1.165) is 66.7 Å². The number of fused-ring (bicyclic) bond motifs is 8. The Morgan fingerprint density at radius 1 is 0.451 bits per heavy atom. The fourth-order valence-corrected chi connectivity index (χ4v) is 7.67. The Labute approximate surface area is 295 Å². The Morgan fingerprint density at radius 2 is 1.04 bits per heavy atom. The average molecular weight is 653 g/mol. The van der Waals surface area contributed by atoms with Crippen LogP contribution in [0.1, 0.15) is 22.7 Å². The monoisotopic (exact) mass is 652 g/mol. The Hall–Kier alpha value is -6.71. The molecule has 51 heavy (non-hydrogen) atoms. The average Bonchev–Trinajstić information content (AvgIpc) is 3.62. The molecule has 1 aliphatic heterocycles. The second-order valence-electron chi connectivity index (χ2n) is 13.1. The third-order valence-corrected chi connectivity index (χ3v) is 10.1. The molecule has 9 aromatic rings. The molecule has 0 amide bonds. The number of furan rings is 1. The Morgan fingerprint density at radius 3 is 1.80 bits per heavy atom. The summed E-state index contributed by atoms with van der Waals surface area (Å²) >= 11 is 0. The maximum atomic E-state index is 6.71. The van der Waals surface area contributed by atoms with Crippen LogP contribution in [-0.4, -0.2) is 5.84 Å². The van der Waals surface area contributed by atoms with Gasteiger partial charge in [-0.2, -0.15) is 0 Å². The van der Waals surface area contributed by atoms with E-state index in [1.165, 1.54) is 27.3 Å². The van der Waals surface area contributed by atoms with Gasteiger partial charge in [-0.3, -0.25) is 4.99 Å². The molecule has 1 aliphatic rings. The van der Waals surface area contributed by atoms with Crippen molar-refractivity contribution in [3.8, 4) is 22.3 Å². The summed E-state index contributed by atoms with van der Waals surface area (Å²) in [4.78, 5) is 5.29. The SMILES string of the molecule is C1=C(c2ccc(-c3ccccc3)cc2)NC(c2ccccc2)=NC1c1cccc(-c2cccc3oc4c5ccccc5c5ccccc5c4c23)c1. The predicted octanol–water partition coefficient (Wildman–Crippen LogP) is 12.4. The van der Waals surface area contributed by atoms with Crippen molar-refractivity contribution in [2.45, 2.75) is 6.04 Å². The van der Waals surface area contributed by atoms with E-state index in [4.69, 9.17) is 9.41 Å². The van der Waals surface area contributed by atoms with E-state index < -0.39 is 0 Å². The highest BCUT2D eigenvalue weighted by Crippen LogP contribution is 2.44. The molecule has 0 bridgehead atoms. The molecule has 3 nitrogen and oxygen atoms in total. The number of hydrogen-bond donors (Lipinski definition) is 1. The number of amidine groups is 1. The minimum atomic E-state index is -0.185. The molecule has 0 saturated carbocycles. The van der Waals surface area contributed by atoms with Crippen molar-refractivity contribution < 1.29 is 4.42 Å². The zero-order valence-electron chi connectivity index (χ0n) is 27.8. The van der Waals surface area contributed by atoms with Gasteiger partial charge in [0.05, 0.1) is 6.04 Å². The maximum Gasteiger partial charge on any atom is 0.143 e. The van der Waals surface area contributed by atoms with Crippen LogP contribution in [0.5, 0.6) is 0 Å². The highest BCUT2D eigenvalue weighted by molar-refractivity contribution is 6.32. The van der Waals surface area contributed by atoms with Crippen LogP contribution >= 0.6 is 0 Å². The van der Waals surface area contributed by atoms with Crippen LogP contribution in [0.3, 0.4) is 0 Å². The van der Waals surface area contributed by atoms with Crippen LogP contribution in [0, 0.1) is 0 Å². The summed E-state index contributed by atoms with van der Waals surface area (Å²) in [5.41, 5.74) is 10.8. The normalized spacial score (nSPS) is 14.5. The lowest BCUT2D eigenvalue weighted by Gasteiger charge is -2.24. The second kappa shape index (κ2) is 12.0. The van der Waals surface area contributed by atoms with Crippen LogP contribution in [0.2, 0.25) is 0 Å². The zero-order chi connectivity index (χ0) is 33.7. The Bertz CT molecular complexity index is 2810. The van der Waals surface area contributed by atoms with E-state index in [9.17, 15) is 0 Å². The van der Waals surface area contributed by atoms with Crippen molar-refractivity contribution in [3.63, 3.8) is 0 Å². The molecule has 10 rings (SSSR count). The van der Waals surface area contributed by atoms with Crippen LogP contribution in [-0.2, 0) is 0 Å². The zero-order valence-corrected chi connectivity index (χ0v) is 27.8. The lowest BCUT2D eigenvalue weighted by Crippen LogP contribution is -2.27. The molecule has 0 aliphatic carbocycles. The molecule has 3 heteroatoms. The molecule has 240 valence electrons. The summed E-state index contributed by atoms with van der Waals surface area (Å²) in [6.45, 7) is 0. The van der Waals surface area contributed by atoms with E-state index in [0.29, 0.717) is 0 Å². The number of aliphatic imine (C=N–C) groups is 1. The lowest BCUT2D eigenvalue weighted by atomic mass is 9.92. The number of rotatable bonds is 5. The third kappa shape index (κ3) is 5.02. The number of benzene rings is 8. The minimum absolute atomic E-state index is 0.185. The summed E-state index contributed by atoms with van der Waals surface area (Å²) in [5.74, 6) is 0.858. The molecule has 1 unspecified atom stereocenters. The van der Waals surface area contributed by atoms with E-state index in [-0.39, 0.29) is 6.04 Å². The molecule has 1 atom stereocenters. The van der Waals surface area contributed by atoms with Crippen molar-refractivity contribution in [1.29, 1.82) is 0 Å². The van der Waals surface area contributed by atoms with E-state index in [2.05, 4.69) is 181 Å². The van der Waals surface area contributed by atoms with E-state index in [1.807, 2.05) is 6.07 Å². The van der Waals surface area contributed by atoms with Gasteiger partial charge in [-0.1, -0.05) is 164 Å². The molecule has 0 spiro atoms. The van der Waals surface area contributed by atoms with Crippen LogP contribution < -0.4 is 5.32 Å². The first-order valence-corrected chi connectivity index (χ1v) is 17.4. The molecule has 8 aromatic carbocycles. The third-order valence-electron chi connectivity index (χ3n) is 10.1. The predicted molar refractivity (Wildman–Crippen MR) is 213 cm³/mol. The summed E-state index contributed by atoms with van der Waals surface area (Å²) < 4.78 is 6.71. The molecule has 1 aromatic heterocycles. The van der Waals surface area contributed by atoms with Gasteiger partial charge in [-0.25, -0.2) is 0 Å². The fourth-order valence-electron chi connectivity index (χ4n) is 7.67. The Balaban J connectivity index is 1.12. The number of hydrogen-bond acceptors (Lipinski definition) is 3. The van der Waals surface area contributed by atoms with Crippen molar-refractivity contribution in [1.82, 2.24) is 5.32 Å². The summed E-state index contributed by atoms with van der Waals surface area (Å²) in [7, 11) is 0. The molecule has 0 fully saturated rings. The van der Waals surface area contributed by atoms with Gasteiger partial charge in [-0.15, -0.1) is 0 Å². The molecule has 2 heterocycles. The molecular formula is C48H32N2O. The van der Waals surface area contributed by atoms with Gasteiger partial charge in [0.2, 0.25) is 0 Å². The summed E-state index contributed by atoms with van der Waals surface area (Å²) in [6.07, 6.45) is 2.25. The van der Waals surface area contributed by atoms with Gasteiger partial charge in [0.1, 0.15) is 17.0 Å². The molecule has 0 radical (unpaired) electrons. The van der Waals surface area contributed by atoms with Crippen LogP contribution in [0.15, 0.2) is 191 Å². The Kier molecular flexibility index (Phi) is 6.88. The van der Waals surface area contributed by atoms with Crippen molar-refractivity contribution >= 4 is 55.0 Å². The number of nitrogens with zero attached hydrogens (tertiary/aromatic N) is 1. The number of nitrogens with one attached hydrogen (secondary N) is 1. The molecule has 0 saturated heterocycles. The van der Waals surface area contributed by atoms with Gasteiger partial charge in [0, 0.05) is 27.4 Å². The van der Waals surface area contributed by atoms with Gasteiger partial charge in [-0.05, 0) is 67.7 Å². The van der Waals surface area contributed by atoms with Gasteiger partial charge < -0.3 is 9.73 Å². The molecule has 1 N–H and O–H groups in total. The van der Waals surface area contributed by atoms with Crippen LogP contribution in [0.25, 0.3) is 71.4 Å². The summed E-state index contributed by atoms with van der Waals surface area (Å²) in [5, 5.41) is 10.7. The fraction of sp³-hybridized carbons (Fsp3) is 0.0208. The van der Waals surface area contributed by atoms with Crippen LogP contribution in [0.4, 0.5) is 0 Å². The highest BCUT2D eigenvalue weighted by atomic mass is 16.3. The molecular weight excluding hydrogens is 621 g/mol. The maximum absolute atomic E-state index is 6.71. The van der Waals surface area contributed by atoms with Gasteiger partial charge in [0.25, 0.3) is 0 Å². The van der Waals surface area contributed by atoms with Crippen molar-refractivity contribution in [3.05, 3.63) is 199 Å². The largest absolute Gasteiger partial charge is 0.455 e.